The lowest BCUT2D eigenvalue weighted by molar-refractivity contribution is 0.0143. The number of alkyl carbamates (subject to hydrolysis) is 1. The number of hydrogen-bond donors (Lipinski definition) is 2. The van der Waals surface area contributed by atoms with Gasteiger partial charge in [-0.05, 0) is 79.2 Å². The minimum absolute atomic E-state index is 0.316. The van der Waals surface area contributed by atoms with Crippen LogP contribution in [0.3, 0.4) is 0 Å². The Labute approximate surface area is 154 Å². The fraction of sp³-hybridized carbons (Fsp3) is 0.950. The second-order valence-corrected chi connectivity index (χ2v) is 9.60. The maximum atomic E-state index is 12.2. The summed E-state index contributed by atoms with van der Waals surface area (Å²) in [6.07, 6.45) is 8.56. The lowest BCUT2D eigenvalue weighted by Crippen LogP contribution is -2.57. The molecule has 5 heteroatoms. The highest BCUT2D eigenvalue weighted by Crippen LogP contribution is 2.37. The quantitative estimate of drug-likeness (QED) is 0.791. The number of nitrogens with one attached hydrogen (secondary N) is 1. The summed E-state index contributed by atoms with van der Waals surface area (Å²) in [6.45, 7) is 11.6. The van der Waals surface area contributed by atoms with Crippen molar-refractivity contribution in [3.05, 3.63) is 0 Å². The summed E-state index contributed by atoms with van der Waals surface area (Å²) < 4.78 is 5.43. The first-order valence-electron chi connectivity index (χ1n) is 10.1. The predicted octanol–water partition coefficient (Wildman–Crippen LogP) is 3.66. The van der Waals surface area contributed by atoms with Crippen LogP contribution in [-0.4, -0.2) is 47.3 Å². The molecule has 25 heavy (non-hydrogen) atoms. The summed E-state index contributed by atoms with van der Waals surface area (Å²) in [4.78, 5) is 14.8. The Morgan fingerprint density at radius 2 is 1.80 bits per heavy atom. The predicted molar refractivity (Wildman–Crippen MR) is 103 cm³/mol. The van der Waals surface area contributed by atoms with Gasteiger partial charge in [0.2, 0.25) is 0 Å². The molecule has 5 nitrogen and oxygen atoms in total. The van der Waals surface area contributed by atoms with Gasteiger partial charge >= 0.3 is 6.09 Å². The highest BCUT2D eigenvalue weighted by molar-refractivity contribution is 5.68. The van der Waals surface area contributed by atoms with Crippen LogP contribution in [0.4, 0.5) is 4.79 Å². The molecule has 0 aromatic heterocycles. The summed E-state index contributed by atoms with van der Waals surface area (Å²) in [6, 6.07) is 1.00. The standard InChI is InChI=1S/C20H39N3O2/c1-19(2,3)25-18(24)22-20(4,5)13-16(14-21)23-12-8-10-15-9-6-7-11-17(15)23/h15-17H,6-14,21H2,1-5H3,(H,22,24)/t15-,16?,17-/m1/s1. The zero-order valence-corrected chi connectivity index (χ0v) is 16.9. The fourth-order valence-electron chi connectivity index (χ4n) is 4.67. The SMILES string of the molecule is CC(C)(CC(CN)N1CCC[C@H]2CCCC[C@H]21)NC(=O)OC(C)(C)C. The molecular weight excluding hydrogens is 314 g/mol. The van der Waals surface area contributed by atoms with E-state index in [4.69, 9.17) is 10.5 Å². The minimum atomic E-state index is -0.477. The summed E-state index contributed by atoms with van der Waals surface area (Å²) in [5.41, 5.74) is 5.36. The van der Waals surface area contributed by atoms with Crippen LogP contribution >= 0.6 is 0 Å². The first-order chi connectivity index (χ1) is 11.6. The molecule has 2 fully saturated rings. The molecule has 0 bridgehead atoms. The summed E-state index contributed by atoms with van der Waals surface area (Å²) in [7, 11) is 0. The molecule has 1 aliphatic carbocycles. The molecule has 3 atom stereocenters. The number of carbonyl (C=O) groups excluding carboxylic acids is 1. The Hall–Kier alpha value is -0.810. The van der Waals surface area contributed by atoms with Crippen LogP contribution in [0.1, 0.15) is 79.6 Å². The number of nitrogens with two attached hydrogens (primary N) is 1. The van der Waals surface area contributed by atoms with Crippen molar-refractivity contribution in [1.82, 2.24) is 10.2 Å². The Kier molecular flexibility index (Phi) is 6.77. The smallest absolute Gasteiger partial charge is 0.408 e. The number of rotatable bonds is 5. The topological polar surface area (TPSA) is 67.6 Å². The molecule has 0 spiro atoms. The average molecular weight is 354 g/mol. The van der Waals surface area contributed by atoms with Crippen LogP contribution in [0.25, 0.3) is 0 Å². The van der Waals surface area contributed by atoms with Gasteiger partial charge in [0.25, 0.3) is 0 Å². The number of hydrogen-bond acceptors (Lipinski definition) is 4. The number of nitrogens with zero attached hydrogens (tertiary/aromatic N) is 1. The van der Waals surface area contributed by atoms with E-state index in [9.17, 15) is 4.79 Å². The van der Waals surface area contributed by atoms with Gasteiger partial charge in [0.15, 0.2) is 0 Å². The lowest BCUT2D eigenvalue weighted by atomic mass is 9.77. The second kappa shape index (κ2) is 8.26. The van der Waals surface area contributed by atoms with Crippen molar-refractivity contribution in [2.24, 2.45) is 11.7 Å². The Morgan fingerprint density at radius 1 is 1.16 bits per heavy atom. The van der Waals surface area contributed by atoms with E-state index >= 15 is 0 Å². The number of piperidine rings is 1. The molecule has 3 N–H and O–H groups in total. The van der Waals surface area contributed by atoms with Gasteiger partial charge in [-0.3, -0.25) is 4.90 Å². The molecule has 1 unspecified atom stereocenters. The third-order valence-corrected chi connectivity index (χ3v) is 5.61. The number of fused-ring (bicyclic) bond motifs is 1. The summed E-state index contributed by atoms with van der Waals surface area (Å²) in [5, 5.41) is 3.05. The minimum Gasteiger partial charge on any atom is -0.444 e. The largest absolute Gasteiger partial charge is 0.444 e. The normalized spacial score (nSPS) is 26.6. The maximum absolute atomic E-state index is 12.2. The van der Waals surface area contributed by atoms with E-state index in [1.165, 1.54) is 38.5 Å². The number of carbonyl (C=O) groups is 1. The van der Waals surface area contributed by atoms with Crippen molar-refractivity contribution < 1.29 is 9.53 Å². The fourth-order valence-corrected chi connectivity index (χ4v) is 4.67. The van der Waals surface area contributed by atoms with Gasteiger partial charge in [-0.25, -0.2) is 4.79 Å². The Balaban J connectivity index is 1.98. The van der Waals surface area contributed by atoms with E-state index in [0.717, 1.165) is 18.9 Å². The van der Waals surface area contributed by atoms with Gasteiger partial charge in [-0.1, -0.05) is 12.8 Å². The summed E-state index contributed by atoms with van der Waals surface area (Å²) in [5.74, 6) is 0.846. The zero-order chi connectivity index (χ0) is 18.7. The molecular formula is C20H39N3O2. The molecule has 0 aromatic rings. The molecule has 1 saturated heterocycles. The van der Waals surface area contributed by atoms with E-state index in [-0.39, 0.29) is 11.6 Å². The first kappa shape index (κ1) is 20.5. The first-order valence-corrected chi connectivity index (χ1v) is 10.1. The molecule has 1 heterocycles. The van der Waals surface area contributed by atoms with Crippen LogP contribution in [-0.2, 0) is 4.74 Å². The van der Waals surface area contributed by atoms with Gasteiger partial charge in [-0.2, -0.15) is 0 Å². The van der Waals surface area contributed by atoms with Crippen molar-refractivity contribution in [2.45, 2.75) is 103 Å². The molecule has 1 aliphatic heterocycles. The van der Waals surface area contributed by atoms with Gasteiger partial charge in [0.05, 0.1) is 0 Å². The van der Waals surface area contributed by atoms with Crippen molar-refractivity contribution in [3.8, 4) is 0 Å². The second-order valence-electron chi connectivity index (χ2n) is 9.60. The van der Waals surface area contributed by atoms with Crippen molar-refractivity contribution >= 4 is 6.09 Å². The zero-order valence-electron chi connectivity index (χ0n) is 16.9. The van der Waals surface area contributed by atoms with Gasteiger partial charge in [0, 0.05) is 24.2 Å². The number of amides is 1. The average Bonchev–Trinajstić information content (AvgIpc) is 2.49. The molecule has 2 rings (SSSR count). The summed E-state index contributed by atoms with van der Waals surface area (Å²) >= 11 is 0. The molecule has 1 amide bonds. The van der Waals surface area contributed by atoms with Crippen molar-refractivity contribution in [3.63, 3.8) is 0 Å². The van der Waals surface area contributed by atoms with Crippen LogP contribution in [0.15, 0.2) is 0 Å². The van der Waals surface area contributed by atoms with E-state index in [0.29, 0.717) is 18.6 Å². The molecule has 2 aliphatic rings. The third kappa shape index (κ3) is 6.14. The van der Waals surface area contributed by atoms with E-state index in [1.807, 2.05) is 20.8 Å². The van der Waals surface area contributed by atoms with Gasteiger partial charge in [0.1, 0.15) is 5.60 Å². The van der Waals surface area contributed by atoms with Crippen LogP contribution < -0.4 is 11.1 Å². The Morgan fingerprint density at radius 3 is 2.44 bits per heavy atom. The number of likely N-dealkylation sites (tertiary alicyclic amines) is 1. The highest BCUT2D eigenvalue weighted by Gasteiger charge is 2.38. The van der Waals surface area contributed by atoms with Crippen LogP contribution in [0, 0.1) is 5.92 Å². The molecule has 0 aromatic carbocycles. The molecule has 0 radical (unpaired) electrons. The number of ether oxygens (including phenoxy) is 1. The van der Waals surface area contributed by atoms with Gasteiger partial charge < -0.3 is 15.8 Å². The van der Waals surface area contributed by atoms with Crippen LogP contribution in [0.5, 0.6) is 0 Å². The monoisotopic (exact) mass is 353 g/mol. The maximum Gasteiger partial charge on any atom is 0.408 e. The van der Waals surface area contributed by atoms with E-state index < -0.39 is 5.60 Å². The van der Waals surface area contributed by atoms with Crippen LogP contribution in [0.2, 0.25) is 0 Å². The van der Waals surface area contributed by atoms with Crippen molar-refractivity contribution in [1.29, 1.82) is 0 Å². The highest BCUT2D eigenvalue weighted by atomic mass is 16.6. The lowest BCUT2D eigenvalue weighted by Gasteiger charge is -2.49. The van der Waals surface area contributed by atoms with Crippen molar-refractivity contribution in [2.75, 3.05) is 13.1 Å². The van der Waals surface area contributed by atoms with Gasteiger partial charge in [-0.15, -0.1) is 0 Å². The van der Waals surface area contributed by atoms with E-state index in [2.05, 4.69) is 24.1 Å². The Bertz CT molecular complexity index is 443. The molecule has 146 valence electrons. The third-order valence-electron chi connectivity index (χ3n) is 5.61. The molecule has 1 saturated carbocycles. The van der Waals surface area contributed by atoms with E-state index in [1.54, 1.807) is 0 Å².